The summed E-state index contributed by atoms with van der Waals surface area (Å²) in [7, 11) is 0. The maximum atomic E-state index is 2.79. The summed E-state index contributed by atoms with van der Waals surface area (Å²) in [4.78, 5) is 5.48. The quantitative estimate of drug-likeness (QED) is 0.756. The first-order valence-corrected chi connectivity index (χ1v) is 8.32. The van der Waals surface area contributed by atoms with Crippen LogP contribution in [0.25, 0.3) is 0 Å². The van der Waals surface area contributed by atoms with Crippen molar-refractivity contribution in [3.8, 4) is 0 Å². The molecule has 0 N–H and O–H groups in total. The van der Waals surface area contributed by atoms with Crippen LogP contribution in [0.4, 0.5) is 0 Å². The van der Waals surface area contributed by atoms with Gasteiger partial charge in [0.2, 0.25) is 0 Å². The molecule has 0 bridgehead atoms. The highest BCUT2D eigenvalue weighted by atomic mass is 15.2. The number of hydrogen-bond donors (Lipinski definition) is 0. The monoisotopic (exact) mass is 264 g/mol. The average molecular weight is 264 g/mol. The van der Waals surface area contributed by atoms with Crippen LogP contribution < -0.4 is 0 Å². The van der Waals surface area contributed by atoms with Gasteiger partial charge in [0, 0.05) is 38.3 Å². The summed E-state index contributed by atoms with van der Waals surface area (Å²) in [5.41, 5.74) is 0.513. The van der Waals surface area contributed by atoms with Gasteiger partial charge >= 0.3 is 0 Å². The van der Waals surface area contributed by atoms with E-state index >= 15 is 0 Å². The van der Waals surface area contributed by atoms with E-state index in [1.165, 1.54) is 39.0 Å². The van der Waals surface area contributed by atoms with Gasteiger partial charge in [-0.3, -0.25) is 4.90 Å². The van der Waals surface area contributed by atoms with E-state index in [2.05, 4.69) is 44.4 Å². The fraction of sp³-hybridized carbons (Fsp3) is 1.00. The van der Waals surface area contributed by atoms with Crippen LogP contribution in [0.15, 0.2) is 0 Å². The van der Waals surface area contributed by atoms with Crippen LogP contribution >= 0.6 is 0 Å². The van der Waals surface area contributed by atoms with E-state index in [1.54, 1.807) is 0 Å². The normalized spacial score (nSPS) is 37.9. The van der Waals surface area contributed by atoms with Gasteiger partial charge in [0.15, 0.2) is 0 Å². The van der Waals surface area contributed by atoms with Gasteiger partial charge in [-0.05, 0) is 49.9 Å². The Morgan fingerprint density at radius 1 is 0.895 bits per heavy atom. The first-order valence-electron chi connectivity index (χ1n) is 8.32. The minimum Gasteiger partial charge on any atom is -0.300 e. The van der Waals surface area contributed by atoms with Crippen molar-refractivity contribution >= 4 is 0 Å². The Morgan fingerprint density at radius 3 is 1.84 bits per heavy atom. The zero-order valence-corrected chi connectivity index (χ0v) is 13.5. The lowest BCUT2D eigenvalue weighted by Crippen LogP contribution is -2.55. The predicted octanol–water partition coefficient (Wildman–Crippen LogP) is 3.08. The lowest BCUT2D eigenvalue weighted by Gasteiger charge is -2.49. The Labute approximate surface area is 119 Å². The second-order valence-electron chi connectivity index (χ2n) is 8.71. The summed E-state index contributed by atoms with van der Waals surface area (Å²) in [6, 6.07) is 1.67. The van der Waals surface area contributed by atoms with Crippen LogP contribution in [0.1, 0.15) is 47.5 Å². The van der Waals surface area contributed by atoms with E-state index < -0.39 is 0 Å². The molecule has 0 amide bonds. The molecule has 3 aliphatic rings. The zero-order chi connectivity index (χ0) is 13.8. The highest BCUT2D eigenvalue weighted by Crippen LogP contribution is 2.44. The molecule has 2 heterocycles. The van der Waals surface area contributed by atoms with Crippen LogP contribution in [-0.2, 0) is 0 Å². The van der Waals surface area contributed by atoms with E-state index in [0.29, 0.717) is 5.41 Å². The third-order valence-corrected chi connectivity index (χ3v) is 6.14. The smallest absolute Gasteiger partial charge is 0.0102 e. The Hall–Kier alpha value is -0.0800. The molecular weight excluding hydrogens is 232 g/mol. The summed E-state index contributed by atoms with van der Waals surface area (Å²) in [6.45, 7) is 17.4. The van der Waals surface area contributed by atoms with Gasteiger partial charge in [0.05, 0.1) is 0 Å². The van der Waals surface area contributed by atoms with E-state index in [4.69, 9.17) is 0 Å². The van der Waals surface area contributed by atoms with Crippen molar-refractivity contribution in [2.75, 3.05) is 26.2 Å². The van der Waals surface area contributed by atoms with Crippen LogP contribution in [0.2, 0.25) is 0 Å². The molecule has 1 aliphatic carbocycles. The highest BCUT2D eigenvalue weighted by molar-refractivity contribution is 5.00. The number of rotatable bonds is 2. The molecule has 2 heteroatoms. The molecule has 0 radical (unpaired) electrons. The molecular formula is C17H32N2. The van der Waals surface area contributed by atoms with Gasteiger partial charge < -0.3 is 4.90 Å². The van der Waals surface area contributed by atoms with E-state index in [9.17, 15) is 0 Å². The highest BCUT2D eigenvalue weighted by Gasteiger charge is 2.46. The Bertz CT molecular complexity index is 311. The van der Waals surface area contributed by atoms with Gasteiger partial charge in [-0.1, -0.05) is 20.8 Å². The van der Waals surface area contributed by atoms with Crippen LogP contribution in [0.3, 0.4) is 0 Å². The van der Waals surface area contributed by atoms with Gasteiger partial charge in [0.1, 0.15) is 0 Å². The summed E-state index contributed by atoms with van der Waals surface area (Å²) in [5.74, 6) is 2.93. The van der Waals surface area contributed by atoms with Crippen molar-refractivity contribution in [2.24, 2.45) is 23.2 Å². The van der Waals surface area contributed by atoms with Crippen molar-refractivity contribution in [1.82, 2.24) is 9.80 Å². The molecule has 110 valence electrons. The molecule has 3 atom stereocenters. The molecule has 19 heavy (non-hydrogen) atoms. The van der Waals surface area contributed by atoms with E-state index in [0.717, 1.165) is 29.8 Å². The van der Waals surface area contributed by atoms with Gasteiger partial charge in [0.25, 0.3) is 0 Å². The summed E-state index contributed by atoms with van der Waals surface area (Å²) in [5, 5.41) is 0. The number of likely N-dealkylation sites (tertiary alicyclic amines) is 2. The van der Waals surface area contributed by atoms with Gasteiger partial charge in [-0.2, -0.15) is 0 Å². The second kappa shape index (κ2) is 4.73. The fourth-order valence-electron chi connectivity index (χ4n) is 4.38. The summed E-state index contributed by atoms with van der Waals surface area (Å²) < 4.78 is 0. The molecule has 0 aromatic carbocycles. The van der Waals surface area contributed by atoms with Crippen molar-refractivity contribution in [1.29, 1.82) is 0 Å². The topological polar surface area (TPSA) is 6.48 Å². The molecule has 1 saturated carbocycles. The first kappa shape index (κ1) is 13.9. The molecule has 2 aliphatic heterocycles. The third-order valence-electron chi connectivity index (χ3n) is 6.14. The molecule has 3 rings (SSSR count). The average Bonchev–Trinajstić information content (AvgIpc) is 2.69. The minimum absolute atomic E-state index is 0.513. The fourth-order valence-corrected chi connectivity index (χ4v) is 4.38. The van der Waals surface area contributed by atoms with Gasteiger partial charge in [-0.15, -0.1) is 0 Å². The molecule has 2 saturated heterocycles. The SMILES string of the molecule is CC(C)N1C[C@H]2CC(N3CC(C(C)(C)C)C3)C[C@H]2C1. The van der Waals surface area contributed by atoms with Gasteiger partial charge in [-0.25, -0.2) is 0 Å². The lowest BCUT2D eigenvalue weighted by molar-refractivity contribution is -0.00838. The number of hydrogen-bond acceptors (Lipinski definition) is 2. The first-order chi connectivity index (χ1) is 8.84. The maximum Gasteiger partial charge on any atom is 0.0102 e. The second-order valence-corrected chi connectivity index (χ2v) is 8.71. The summed E-state index contributed by atoms with van der Waals surface area (Å²) >= 11 is 0. The maximum absolute atomic E-state index is 2.79. The minimum atomic E-state index is 0.513. The third kappa shape index (κ3) is 2.58. The van der Waals surface area contributed by atoms with Crippen LogP contribution in [-0.4, -0.2) is 48.1 Å². The number of nitrogens with zero attached hydrogens (tertiary/aromatic N) is 2. The molecule has 2 nitrogen and oxygen atoms in total. The van der Waals surface area contributed by atoms with Crippen LogP contribution in [0, 0.1) is 23.2 Å². The largest absolute Gasteiger partial charge is 0.300 e. The standard InChI is InChI=1S/C17H32N2/c1-12(2)18-8-13-6-16(7-14(13)9-18)19-10-15(11-19)17(3,4)5/h12-16H,6-11H2,1-5H3/t13-,14+,16?. The Morgan fingerprint density at radius 2 is 1.42 bits per heavy atom. The lowest BCUT2D eigenvalue weighted by atomic mass is 9.75. The van der Waals surface area contributed by atoms with Crippen LogP contribution in [0.5, 0.6) is 0 Å². The molecule has 0 aromatic heterocycles. The predicted molar refractivity (Wildman–Crippen MR) is 81.2 cm³/mol. The Kier molecular flexibility index (Phi) is 3.46. The van der Waals surface area contributed by atoms with Crippen molar-refractivity contribution in [2.45, 2.75) is 59.5 Å². The Balaban J connectivity index is 1.48. The van der Waals surface area contributed by atoms with Crippen molar-refractivity contribution in [3.05, 3.63) is 0 Å². The van der Waals surface area contributed by atoms with E-state index in [-0.39, 0.29) is 0 Å². The van der Waals surface area contributed by atoms with Crippen molar-refractivity contribution in [3.63, 3.8) is 0 Å². The molecule has 3 fully saturated rings. The van der Waals surface area contributed by atoms with Crippen molar-refractivity contribution < 1.29 is 0 Å². The molecule has 0 aromatic rings. The summed E-state index contributed by atoms with van der Waals surface area (Å²) in [6.07, 6.45) is 2.95. The molecule has 1 unspecified atom stereocenters. The van der Waals surface area contributed by atoms with E-state index in [1.807, 2.05) is 0 Å². The zero-order valence-electron chi connectivity index (χ0n) is 13.5. The molecule has 0 spiro atoms. The number of fused-ring (bicyclic) bond motifs is 1.